The zero-order chi connectivity index (χ0) is 23.1. The lowest BCUT2D eigenvalue weighted by Crippen LogP contribution is -2.53. The Labute approximate surface area is 198 Å². The van der Waals surface area contributed by atoms with Crippen LogP contribution in [0.3, 0.4) is 0 Å². The second kappa shape index (κ2) is 8.80. The minimum atomic E-state index is -0.202. The van der Waals surface area contributed by atoms with E-state index in [0.29, 0.717) is 11.4 Å². The van der Waals surface area contributed by atoms with Crippen LogP contribution in [0.2, 0.25) is 0 Å². The van der Waals surface area contributed by atoms with Crippen molar-refractivity contribution in [2.24, 2.45) is 0 Å². The number of ether oxygens (including phenoxy) is 1. The molecule has 0 radical (unpaired) electrons. The number of hydrogen-bond donors (Lipinski definition) is 1. The van der Waals surface area contributed by atoms with Gasteiger partial charge in [-0.2, -0.15) is 0 Å². The highest BCUT2D eigenvalue weighted by Gasteiger charge is 2.29. The third-order valence-corrected chi connectivity index (χ3v) is 7.52. The van der Waals surface area contributed by atoms with Gasteiger partial charge in [-0.1, -0.05) is 0 Å². The SMILES string of the molecule is COc1cc(N2CCN(C3CCN(c4ccc(F)c5cccnc45)CC3)CC2)c2[nH]ccc2c1. The van der Waals surface area contributed by atoms with Crippen molar-refractivity contribution in [3.63, 3.8) is 0 Å². The van der Waals surface area contributed by atoms with Crippen molar-refractivity contribution in [1.29, 1.82) is 0 Å². The van der Waals surface area contributed by atoms with Crippen molar-refractivity contribution in [3.8, 4) is 5.75 Å². The van der Waals surface area contributed by atoms with Gasteiger partial charge in [0.1, 0.15) is 11.6 Å². The Bertz CT molecular complexity index is 1310. The number of aromatic nitrogens is 2. The first-order chi connectivity index (χ1) is 16.7. The Morgan fingerprint density at radius 2 is 1.74 bits per heavy atom. The fourth-order valence-corrected chi connectivity index (χ4v) is 5.67. The van der Waals surface area contributed by atoms with Crippen LogP contribution >= 0.6 is 0 Å². The lowest BCUT2D eigenvalue weighted by atomic mass is 10.0. The predicted molar refractivity (Wildman–Crippen MR) is 136 cm³/mol. The van der Waals surface area contributed by atoms with Crippen LogP contribution in [0, 0.1) is 5.82 Å². The number of piperazine rings is 1. The smallest absolute Gasteiger partial charge is 0.132 e. The van der Waals surface area contributed by atoms with E-state index in [1.807, 2.05) is 18.3 Å². The van der Waals surface area contributed by atoms with Crippen LogP contribution in [0.25, 0.3) is 21.8 Å². The summed E-state index contributed by atoms with van der Waals surface area (Å²) in [4.78, 5) is 15.4. The number of pyridine rings is 1. The number of benzene rings is 2. The second-order valence-corrected chi connectivity index (χ2v) is 9.30. The van der Waals surface area contributed by atoms with Gasteiger partial charge in [0, 0.05) is 74.5 Å². The van der Waals surface area contributed by atoms with Crippen LogP contribution in [0.15, 0.2) is 54.9 Å². The Kier molecular flexibility index (Phi) is 5.49. The number of hydrogen-bond acceptors (Lipinski definition) is 5. The molecule has 2 aromatic carbocycles. The maximum atomic E-state index is 14.2. The number of rotatable bonds is 4. The quantitative estimate of drug-likeness (QED) is 0.481. The predicted octanol–water partition coefficient (Wildman–Crippen LogP) is 4.65. The summed E-state index contributed by atoms with van der Waals surface area (Å²) < 4.78 is 19.8. The molecule has 2 aromatic heterocycles. The minimum absolute atomic E-state index is 0.202. The molecule has 2 fully saturated rings. The van der Waals surface area contributed by atoms with Crippen LogP contribution in [-0.2, 0) is 0 Å². The lowest BCUT2D eigenvalue weighted by molar-refractivity contribution is 0.160. The highest BCUT2D eigenvalue weighted by Crippen LogP contribution is 2.33. The number of anilines is 2. The van der Waals surface area contributed by atoms with E-state index >= 15 is 0 Å². The number of nitrogens with one attached hydrogen (secondary N) is 1. The van der Waals surface area contributed by atoms with Crippen LogP contribution in [0.5, 0.6) is 5.75 Å². The van der Waals surface area contributed by atoms with Gasteiger partial charge in [0.2, 0.25) is 0 Å². The van der Waals surface area contributed by atoms with Crippen molar-refractivity contribution in [2.75, 3.05) is 56.2 Å². The maximum absolute atomic E-state index is 14.2. The summed E-state index contributed by atoms with van der Waals surface area (Å²) in [7, 11) is 1.73. The van der Waals surface area contributed by atoms with Crippen LogP contribution < -0.4 is 14.5 Å². The Morgan fingerprint density at radius 1 is 0.941 bits per heavy atom. The molecule has 6 rings (SSSR count). The van der Waals surface area contributed by atoms with Crippen LogP contribution in [0.1, 0.15) is 12.8 Å². The topological polar surface area (TPSA) is 47.6 Å². The van der Waals surface area contributed by atoms with Crippen molar-refractivity contribution in [2.45, 2.75) is 18.9 Å². The summed E-state index contributed by atoms with van der Waals surface area (Å²) in [5.74, 6) is 0.701. The third kappa shape index (κ3) is 3.74. The van der Waals surface area contributed by atoms with E-state index in [1.54, 1.807) is 25.4 Å². The standard InChI is InChI=1S/C27H30FN5O/c1-34-21-17-19-6-10-30-26(19)25(18-21)33-15-13-31(14-16-33)20-7-11-32(12-8-20)24-5-4-23(28)22-3-2-9-29-27(22)24/h2-6,9-10,17-18,20,30H,7-8,11-16H2,1H3. The lowest BCUT2D eigenvalue weighted by Gasteiger charge is -2.44. The summed E-state index contributed by atoms with van der Waals surface area (Å²) in [5, 5.41) is 1.79. The molecule has 0 amide bonds. The third-order valence-electron chi connectivity index (χ3n) is 7.52. The van der Waals surface area contributed by atoms with Gasteiger partial charge in [0.05, 0.1) is 29.5 Å². The van der Waals surface area contributed by atoms with E-state index in [2.05, 4.69) is 42.9 Å². The minimum Gasteiger partial charge on any atom is -0.497 e. The first kappa shape index (κ1) is 21.2. The number of fused-ring (bicyclic) bond motifs is 2. The van der Waals surface area contributed by atoms with E-state index in [9.17, 15) is 4.39 Å². The highest BCUT2D eigenvalue weighted by atomic mass is 19.1. The van der Waals surface area contributed by atoms with E-state index in [4.69, 9.17) is 4.74 Å². The fourth-order valence-electron chi connectivity index (χ4n) is 5.67. The van der Waals surface area contributed by atoms with Gasteiger partial charge in [-0.3, -0.25) is 9.88 Å². The van der Waals surface area contributed by atoms with E-state index in [1.165, 1.54) is 16.6 Å². The second-order valence-electron chi connectivity index (χ2n) is 9.30. The van der Waals surface area contributed by atoms with Gasteiger partial charge >= 0.3 is 0 Å². The molecule has 0 aliphatic carbocycles. The molecule has 1 N–H and O–H groups in total. The van der Waals surface area contributed by atoms with Crippen molar-refractivity contribution in [3.05, 3.63) is 60.7 Å². The molecule has 0 bridgehead atoms. The molecule has 2 saturated heterocycles. The Balaban J connectivity index is 1.11. The number of aromatic amines is 1. The molecular weight excluding hydrogens is 429 g/mol. The van der Waals surface area contributed by atoms with Gasteiger partial charge in [-0.15, -0.1) is 0 Å². The van der Waals surface area contributed by atoms with Gasteiger partial charge in [-0.25, -0.2) is 4.39 Å². The van der Waals surface area contributed by atoms with Crippen LogP contribution in [0.4, 0.5) is 15.8 Å². The van der Waals surface area contributed by atoms with Crippen molar-refractivity contribution >= 4 is 33.2 Å². The first-order valence-electron chi connectivity index (χ1n) is 12.1. The van der Waals surface area contributed by atoms with Gasteiger partial charge < -0.3 is 19.5 Å². The number of nitrogens with zero attached hydrogens (tertiary/aromatic N) is 4. The fraction of sp³-hybridized carbons (Fsp3) is 0.370. The number of piperidine rings is 1. The summed E-state index contributed by atoms with van der Waals surface area (Å²) in [6.45, 7) is 6.08. The highest BCUT2D eigenvalue weighted by molar-refractivity contribution is 5.93. The molecule has 0 atom stereocenters. The molecule has 7 heteroatoms. The van der Waals surface area contributed by atoms with Crippen molar-refractivity contribution in [1.82, 2.24) is 14.9 Å². The summed E-state index contributed by atoms with van der Waals surface area (Å²) in [6, 6.07) is 14.0. The normalized spacial score (nSPS) is 18.2. The van der Waals surface area contributed by atoms with Crippen molar-refractivity contribution < 1.29 is 9.13 Å². The van der Waals surface area contributed by atoms with E-state index < -0.39 is 0 Å². The molecule has 0 unspecified atom stereocenters. The monoisotopic (exact) mass is 459 g/mol. The average molecular weight is 460 g/mol. The van der Waals surface area contributed by atoms with Crippen LogP contribution in [-0.4, -0.2) is 67.3 Å². The Hall–Kier alpha value is -3.32. The zero-order valence-electron chi connectivity index (χ0n) is 19.5. The summed E-state index contributed by atoms with van der Waals surface area (Å²) >= 11 is 0. The van der Waals surface area contributed by atoms with Gasteiger partial charge in [-0.05, 0) is 49.2 Å². The molecule has 4 heterocycles. The van der Waals surface area contributed by atoms with Gasteiger partial charge in [0.25, 0.3) is 0 Å². The molecule has 2 aliphatic rings. The number of halogens is 1. The average Bonchev–Trinajstić information content (AvgIpc) is 3.38. The molecular formula is C27H30FN5O. The molecule has 0 saturated carbocycles. The molecule has 6 nitrogen and oxygen atoms in total. The first-order valence-corrected chi connectivity index (χ1v) is 12.1. The molecule has 34 heavy (non-hydrogen) atoms. The molecule has 176 valence electrons. The largest absolute Gasteiger partial charge is 0.497 e. The van der Waals surface area contributed by atoms with Gasteiger partial charge in [0.15, 0.2) is 0 Å². The zero-order valence-corrected chi connectivity index (χ0v) is 19.5. The molecule has 4 aromatic rings. The van der Waals surface area contributed by atoms with E-state index in [0.717, 1.165) is 69.1 Å². The summed E-state index contributed by atoms with van der Waals surface area (Å²) in [6.07, 6.45) is 5.98. The number of H-pyrrole nitrogens is 1. The molecule has 0 spiro atoms. The summed E-state index contributed by atoms with van der Waals surface area (Å²) in [5.41, 5.74) is 4.23. The maximum Gasteiger partial charge on any atom is 0.132 e. The number of methoxy groups -OCH3 is 1. The molecule has 2 aliphatic heterocycles. The Morgan fingerprint density at radius 3 is 2.53 bits per heavy atom. The van der Waals surface area contributed by atoms with E-state index in [-0.39, 0.29) is 5.82 Å².